The number of aliphatic carboxylic acids is 1. The molecule has 0 aliphatic rings. The summed E-state index contributed by atoms with van der Waals surface area (Å²) in [6, 6.07) is 7.21. The third kappa shape index (κ3) is 3.04. The Bertz CT molecular complexity index is 496. The van der Waals surface area contributed by atoms with E-state index in [0.29, 0.717) is 5.75 Å². The van der Waals surface area contributed by atoms with Crippen molar-refractivity contribution in [3.05, 3.63) is 36.9 Å². The molecule has 0 bridgehead atoms. The molecule has 2 rings (SSSR count). The fourth-order valence-electron chi connectivity index (χ4n) is 1.31. The molecule has 0 unspecified atom stereocenters. The predicted octanol–water partition coefficient (Wildman–Crippen LogP) is 1.12. The van der Waals surface area contributed by atoms with Crippen molar-refractivity contribution in [1.82, 2.24) is 14.8 Å². The van der Waals surface area contributed by atoms with Crippen LogP contribution in [-0.2, 0) is 4.79 Å². The second-order valence-electron chi connectivity index (χ2n) is 3.33. The van der Waals surface area contributed by atoms with Gasteiger partial charge >= 0.3 is 5.97 Å². The average Bonchev–Trinajstić information content (AvgIpc) is 2.82. The van der Waals surface area contributed by atoms with E-state index in [4.69, 9.17) is 9.84 Å². The maximum atomic E-state index is 10.3. The molecule has 6 nitrogen and oxygen atoms in total. The summed E-state index contributed by atoms with van der Waals surface area (Å²) >= 11 is 0. The minimum Gasteiger partial charge on any atom is -0.493 e. The summed E-state index contributed by atoms with van der Waals surface area (Å²) in [6.07, 6.45) is 3.00. The maximum Gasteiger partial charge on any atom is 0.306 e. The van der Waals surface area contributed by atoms with Gasteiger partial charge in [-0.3, -0.25) is 4.79 Å². The molecule has 0 radical (unpaired) electrons. The first-order chi connectivity index (χ1) is 8.25. The van der Waals surface area contributed by atoms with E-state index in [1.807, 2.05) is 12.1 Å². The lowest BCUT2D eigenvalue weighted by Gasteiger charge is -2.06. The van der Waals surface area contributed by atoms with Crippen molar-refractivity contribution < 1.29 is 14.6 Å². The Hall–Kier alpha value is -2.37. The first-order valence-corrected chi connectivity index (χ1v) is 5.05. The van der Waals surface area contributed by atoms with Gasteiger partial charge in [-0.1, -0.05) is 6.07 Å². The van der Waals surface area contributed by atoms with E-state index < -0.39 is 5.97 Å². The van der Waals surface area contributed by atoms with E-state index >= 15 is 0 Å². The van der Waals surface area contributed by atoms with E-state index in [1.54, 1.807) is 23.1 Å². The summed E-state index contributed by atoms with van der Waals surface area (Å²) in [5.74, 6) is -0.267. The van der Waals surface area contributed by atoms with Gasteiger partial charge in [-0.15, -0.1) is 0 Å². The Labute approximate surface area is 97.5 Å². The SMILES string of the molecule is O=C(O)CCOc1cccc(-n2cncn2)c1. The zero-order valence-corrected chi connectivity index (χ0v) is 8.98. The minimum absolute atomic E-state index is 0.0203. The molecular weight excluding hydrogens is 222 g/mol. The molecule has 0 aliphatic carbocycles. The van der Waals surface area contributed by atoms with Gasteiger partial charge in [-0.2, -0.15) is 5.10 Å². The van der Waals surface area contributed by atoms with E-state index in [0.717, 1.165) is 5.69 Å². The first kappa shape index (κ1) is 11.1. The van der Waals surface area contributed by atoms with E-state index in [2.05, 4.69) is 10.1 Å². The van der Waals surface area contributed by atoms with Crippen LogP contribution in [0.2, 0.25) is 0 Å². The molecule has 0 saturated heterocycles. The van der Waals surface area contributed by atoms with Gasteiger partial charge in [0.2, 0.25) is 0 Å². The Kier molecular flexibility index (Phi) is 3.34. The van der Waals surface area contributed by atoms with Gasteiger partial charge in [0.05, 0.1) is 18.7 Å². The molecule has 1 aromatic carbocycles. The second kappa shape index (κ2) is 5.11. The van der Waals surface area contributed by atoms with Gasteiger partial charge in [0.1, 0.15) is 18.4 Å². The minimum atomic E-state index is -0.877. The number of carboxylic acid groups (broad SMARTS) is 1. The van der Waals surface area contributed by atoms with E-state index in [1.165, 1.54) is 6.33 Å². The van der Waals surface area contributed by atoms with Gasteiger partial charge in [-0.25, -0.2) is 9.67 Å². The number of carbonyl (C=O) groups is 1. The van der Waals surface area contributed by atoms with Crippen molar-refractivity contribution in [2.75, 3.05) is 6.61 Å². The molecule has 1 aromatic heterocycles. The van der Waals surface area contributed by atoms with Gasteiger partial charge in [-0.05, 0) is 12.1 Å². The third-order valence-electron chi connectivity index (χ3n) is 2.09. The van der Waals surface area contributed by atoms with Crippen LogP contribution >= 0.6 is 0 Å². The number of ether oxygens (including phenoxy) is 1. The fraction of sp³-hybridized carbons (Fsp3) is 0.182. The number of hydrogen-bond acceptors (Lipinski definition) is 4. The highest BCUT2D eigenvalue weighted by molar-refractivity contribution is 5.66. The zero-order chi connectivity index (χ0) is 12.1. The largest absolute Gasteiger partial charge is 0.493 e. The molecule has 0 spiro atoms. The number of rotatable bonds is 5. The Balaban J connectivity index is 2.04. The van der Waals surface area contributed by atoms with Crippen molar-refractivity contribution in [2.45, 2.75) is 6.42 Å². The van der Waals surface area contributed by atoms with Gasteiger partial charge < -0.3 is 9.84 Å². The second-order valence-corrected chi connectivity index (χ2v) is 3.33. The molecule has 1 heterocycles. The number of aromatic nitrogens is 3. The number of carboxylic acids is 1. The van der Waals surface area contributed by atoms with Crippen LogP contribution in [0.15, 0.2) is 36.9 Å². The molecule has 0 fully saturated rings. The van der Waals surface area contributed by atoms with Crippen LogP contribution in [0.5, 0.6) is 5.75 Å². The molecule has 0 saturated carbocycles. The molecule has 88 valence electrons. The molecule has 0 aliphatic heterocycles. The highest BCUT2D eigenvalue weighted by Crippen LogP contribution is 2.15. The zero-order valence-electron chi connectivity index (χ0n) is 8.98. The molecule has 6 heteroatoms. The van der Waals surface area contributed by atoms with Crippen LogP contribution in [0, 0.1) is 0 Å². The van der Waals surface area contributed by atoms with Crippen molar-refractivity contribution in [1.29, 1.82) is 0 Å². The average molecular weight is 233 g/mol. The topological polar surface area (TPSA) is 77.2 Å². The van der Waals surface area contributed by atoms with Crippen LogP contribution in [-0.4, -0.2) is 32.4 Å². The maximum absolute atomic E-state index is 10.3. The van der Waals surface area contributed by atoms with Crippen molar-refractivity contribution >= 4 is 5.97 Å². The highest BCUT2D eigenvalue weighted by Gasteiger charge is 2.01. The quantitative estimate of drug-likeness (QED) is 0.837. The molecule has 0 amide bonds. The van der Waals surface area contributed by atoms with Gasteiger partial charge in [0.15, 0.2) is 0 Å². The molecule has 2 aromatic rings. The Morgan fingerprint density at radius 2 is 2.35 bits per heavy atom. The van der Waals surface area contributed by atoms with Crippen molar-refractivity contribution in [3.8, 4) is 11.4 Å². The van der Waals surface area contributed by atoms with Crippen molar-refractivity contribution in [3.63, 3.8) is 0 Å². The molecular formula is C11H11N3O3. The summed E-state index contributed by atoms with van der Waals surface area (Å²) in [7, 11) is 0. The van der Waals surface area contributed by atoms with E-state index in [9.17, 15) is 4.79 Å². The van der Waals surface area contributed by atoms with Crippen LogP contribution in [0.1, 0.15) is 6.42 Å². The standard InChI is InChI=1S/C11H11N3O3/c15-11(16)4-5-17-10-3-1-2-9(6-10)14-8-12-7-13-14/h1-3,6-8H,4-5H2,(H,15,16). The lowest BCUT2D eigenvalue weighted by atomic mass is 10.3. The van der Waals surface area contributed by atoms with Gasteiger partial charge in [0.25, 0.3) is 0 Å². The van der Waals surface area contributed by atoms with Crippen LogP contribution in [0.25, 0.3) is 5.69 Å². The summed E-state index contributed by atoms with van der Waals surface area (Å²) in [6.45, 7) is 0.149. The normalized spacial score (nSPS) is 10.1. The summed E-state index contributed by atoms with van der Waals surface area (Å²) in [5.41, 5.74) is 0.815. The predicted molar refractivity (Wildman–Crippen MR) is 59.1 cm³/mol. The van der Waals surface area contributed by atoms with Crippen LogP contribution < -0.4 is 4.74 Å². The lowest BCUT2D eigenvalue weighted by Crippen LogP contribution is -2.05. The van der Waals surface area contributed by atoms with Crippen molar-refractivity contribution in [2.24, 2.45) is 0 Å². The Morgan fingerprint density at radius 3 is 3.06 bits per heavy atom. The number of nitrogens with zero attached hydrogens (tertiary/aromatic N) is 3. The van der Waals surface area contributed by atoms with Crippen LogP contribution in [0.3, 0.4) is 0 Å². The monoisotopic (exact) mass is 233 g/mol. The van der Waals surface area contributed by atoms with Gasteiger partial charge in [0, 0.05) is 6.07 Å². The highest BCUT2D eigenvalue weighted by atomic mass is 16.5. The molecule has 17 heavy (non-hydrogen) atoms. The molecule has 0 atom stereocenters. The summed E-state index contributed by atoms with van der Waals surface area (Å²) in [4.78, 5) is 14.2. The number of hydrogen-bond donors (Lipinski definition) is 1. The number of benzene rings is 1. The lowest BCUT2D eigenvalue weighted by molar-refractivity contribution is -0.137. The first-order valence-electron chi connectivity index (χ1n) is 5.05. The summed E-state index contributed by atoms with van der Waals surface area (Å²) < 4.78 is 6.91. The smallest absolute Gasteiger partial charge is 0.306 e. The molecule has 1 N–H and O–H groups in total. The van der Waals surface area contributed by atoms with Crippen LogP contribution in [0.4, 0.5) is 0 Å². The Morgan fingerprint density at radius 1 is 1.47 bits per heavy atom. The third-order valence-corrected chi connectivity index (χ3v) is 2.09. The fourth-order valence-corrected chi connectivity index (χ4v) is 1.31. The summed E-state index contributed by atoms with van der Waals surface area (Å²) in [5, 5.41) is 12.5. The van der Waals surface area contributed by atoms with E-state index in [-0.39, 0.29) is 13.0 Å².